The fraction of sp³-hybridized carbons (Fsp3) is 0.526. The number of ether oxygens (including phenoxy) is 1. The van der Waals surface area contributed by atoms with Gasteiger partial charge < -0.3 is 14.6 Å². The molecule has 7 heteroatoms. The molecule has 26 heavy (non-hydrogen) atoms. The highest BCUT2D eigenvalue weighted by atomic mass is 32.2. The van der Waals surface area contributed by atoms with E-state index >= 15 is 0 Å². The fourth-order valence-electron chi connectivity index (χ4n) is 3.31. The van der Waals surface area contributed by atoms with Crippen LogP contribution in [-0.4, -0.2) is 39.6 Å². The quantitative estimate of drug-likeness (QED) is 0.786. The molecule has 1 N–H and O–H groups in total. The van der Waals surface area contributed by atoms with Gasteiger partial charge in [0.1, 0.15) is 5.75 Å². The third-order valence-corrected chi connectivity index (χ3v) is 5.92. The Bertz CT molecular complexity index is 754. The van der Waals surface area contributed by atoms with Crippen LogP contribution in [0.25, 0.3) is 11.4 Å². The second-order valence-corrected chi connectivity index (χ2v) is 7.82. The van der Waals surface area contributed by atoms with E-state index in [1.165, 1.54) is 24.6 Å². The molecule has 1 aliphatic carbocycles. The van der Waals surface area contributed by atoms with Gasteiger partial charge in [0.05, 0.1) is 18.4 Å². The van der Waals surface area contributed by atoms with Crippen LogP contribution in [0.1, 0.15) is 32.6 Å². The van der Waals surface area contributed by atoms with Crippen molar-refractivity contribution < 1.29 is 9.53 Å². The number of thioether (sulfide) groups is 1. The van der Waals surface area contributed by atoms with E-state index < -0.39 is 0 Å². The monoisotopic (exact) mass is 374 g/mol. The molecule has 1 aromatic carbocycles. The standard InChI is InChI=1S/C19H26N4O2S/c1-13-8-10-14(11-9-13)20-17(24)12-26-19-22-21-18(23(19)2)15-6-4-5-7-16(15)25-3/h4-7,13-14H,8-12H2,1-3H3,(H,20,24). The second kappa shape index (κ2) is 8.58. The number of hydrogen-bond acceptors (Lipinski definition) is 5. The number of benzene rings is 1. The maximum Gasteiger partial charge on any atom is 0.230 e. The molecule has 1 fully saturated rings. The van der Waals surface area contributed by atoms with Crippen molar-refractivity contribution in [3.05, 3.63) is 24.3 Å². The molecule has 0 bridgehead atoms. The number of amides is 1. The van der Waals surface area contributed by atoms with E-state index in [9.17, 15) is 4.79 Å². The molecule has 0 spiro atoms. The number of rotatable bonds is 6. The van der Waals surface area contributed by atoms with Crippen molar-refractivity contribution in [1.29, 1.82) is 0 Å². The van der Waals surface area contributed by atoms with E-state index in [4.69, 9.17) is 4.74 Å². The number of methoxy groups -OCH3 is 1. The van der Waals surface area contributed by atoms with E-state index in [2.05, 4.69) is 22.4 Å². The number of para-hydroxylation sites is 1. The number of hydrogen-bond donors (Lipinski definition) is 1. The summed E-state index contributed by atoms with van der Waals surface area (Å²) in [5.74, 6) is 2.68. The number of nitrogens with zero attached hydrogens (tertiary/aromatic N) is 3. The molecule has 0 aliphatic heterocycles. The largest absolute Gasteiger partial charge is 0.496 e. The van der Waals surface area contributed by atoms with Crippen LogP contribution < -0.4 is 10.1 Å². The number of aromatic nitrogens is 3. The van der Waals surface area contributed by atoms with Crippen molar-refractivity contribution in [1.82, 2.24) is 20.1 Å². The van der Waals surface area contributed by atoms with Gasteiger partial charge in [-0.05, 0) is 43.7 Å². The first-order chi connectivity index (χ1) is 12.6. The predicted molar refractivity (Wildman–Crippen MR) is 103 cm³/mol. The average Bonchev–Trinajstić information content (AvgIpc) is 3.02. The topological polar surface area (TPSA) is 69.0 Å². The molecule has 0 unspecified atom stereocenters. The first kappa shape index (κ1) is 18.8. The summed E-state index contributed by atoms with van der Waals surface area (Å²) < 4.78 is 7.30. The maximum absolute atomic E-state index is 12.2. The third kappa shape index (κ3) is 4.38. The van der Waals surface area contributed by atoms with Crippen LogP contribution in [-0.2, 0) is 11.8 Å². The number of nitrogens with one attached hydrogen (secondary N) is 1. The van der Waals surface area contributed by atoms with Crippen LogP contribution in [0, 0.1) is 5.92 Å². The maximum atomic E-state index is 12.2. The van der Waals surface area contributed by atoms with Crippen molar-refractivity contribution in [2.45, 2.75) is 43.8 Å². The van der Waals surface area contributed by atoms with Crippen LogP contribution in [0.15, 0.2) is 29.4 Å². The highest BCUT2D eigenvalue weighted by molar-refractivity contribution is 7.99. The Kier molecular flexibility index (Phi) is 6.19. The Morgan fingerprint density at radius 3 is 2.73 bits per heavy atom. The minimum atomic E-state index is 0.0661. The van der Waals surface area contributed by atoms with E-state index in [1.807, 2.05) is 35.9 Å². The first-order valence-corrected chi connectivity index (χ1v) is 10.0. The van der Waals surface area contributed by atoms with Gasteiger partial charge in [0, 0.05) is 13.1 Å². The molecule has 0 radical (unpaired) electrons. The molecule has 3 rings (SSSR count). The molecule has 1 saturated carbocycles. The summed E-state index contributed by atoms with van der Waals surface area (Å²) in [5, 5.41) is 12.4. The van der Waals surface area contributed by atoms with Crippen molar-refractivity contribution in [3.63, 3.8) is 0 Å². The summed E-state index contributed by atoms with van der Waals surface area (Å²) in [7, 11) is 3.55. The summed E-state index contributed by atoms with van der Waals surface area (Å²) in [6.45, 7) is 2.28. The summed E-state index contributed by atoms with van der Waals surface area (Å²) in [6, 6.07) is 8.04. The third-order valence-electron chi connectivity index (χ3n) is 4.90. The van der Waals surface area contributed by atoms with Gasteiger partial charge in [-0.15, -0.1) is 10.2 Å². The molecule has 0 saturated heterocycles. The molecule has 2 aromatic rings. The van der Waals surface area contributed by atoms with Crippen LogP contribution in [0.5, 0.6) is 5.75 Å². The van der Waals surface area contributed by atoms with E-state index in [0.717, 1.165) is 41.1 Å². The molecule has 1 heterocycles. The molecule has 140 valence electrons. The Balaban J connectivity index is 1.59. The lowest BCUT2D eigenvalue weighted by Crippen LogP contribution is -2.38. The van der Waals surface area contributed by atoms with Gasteiger partial charge in [0.25, 0.3) is 0 Å². The van der Waals surface area contributed by atoms with Gasteiger partial charge >= 0.3 is 0 Å². The van der Waals surface area contributed by atoms with Crippen LogP contribution >= 0.6 is 11.8 Å². The molecular formula is C19H26N4O2S. The average molecular weight is 375 g/mol. The zero-order valence-corrected chi connectivity index (χ0v) is 16.4. The number of carbonyl (C=O) groups excluding carboxylic acids is 1. The molecule has 1 aliphatic rings. The lowest BCUT2D eigenvalue weighted by atomic mass is 9.87. The summed E-state index contributed by atoms with van der Waals surface area (Å²) in [4.78, 5) is 12.2. The van der Waals surface area contributed by atoms with Gasteiger partial charge in [-0.1, -0.05) is 30.8 Å². The van der Waals surface area contributed by atoms with E-state index in [0.29, 0.717) is 11.8 Å². The van der Waals surface area contributed by atoms with Crippen LogP contribution in [0.3, 0.4) is 0 Å². The van der Waals surface area contributed by atoms with E-state index in [1.54, 1.807) is 7.11 Å². The lowest BCUT2D eigenvalue weighted by Gasteiger charge is -2.26. The molecule has 1 aromatic heterocycles. The normalized spacial score (nSPS) is 20.0. The Morgan fingerprint density at radius 1 is 1.27 bits per heavy atom. The van der Waals surface area contributed by atoms with Crippen molar-refractivity contribution in [3.8, 4) is 17.1 Å². The molecule has 1 amide bonds. The van der Waals surface area contributed by atoms with Gasteiger partial charge in [-0.2, -0.15) is 0 Å². The van der Waals surface area contributed by atoms with Gasteiger partial charge in [-0.3, -0.25) is 4.79 Å². The van der Waals surface area contributed by atoms with E-state index in [-0.39, 0.29) is 5.91 Å². The number of carbonyl (C=O) groups is 1. The predicted octanol–water partition coefficient (Wildman–Crippen LogP) is 3.28. The highest BCUT2D eigenvalue weighted by Crippen LogP contribution is 2.30. The smallest absolute Gasteiger partial charge is 0.230 e. The Hall–Kier alpha value is -2.02. The molecule has 6 nitrogen and oxygen atoms in total. The van der Waals surface area contributed by atoms with Gasteiger partial charge in [0.2, 0.25) is 5.91 Å². The van der Waals surface area contributed by atoms with Gasteiger partial charge in [0.15, 0.2) is 11.0 Å². The lowest BCUT2D eigenvalue weighted by molar-refractivity contribution is -0.119. The minimum Gasteiger partial charge on any atom is -0.496 e. The summed E-state index contributed by atoms with van der Waals surface area (Å²) >= 11 is 1.41. The molecule has 0 atom stereocenters. The summed E-state index contributed by atoms with van der Waals surface area (Å²) in [5.41, 5.74) is 0.887. The zero-order chi connectivity index (χ0) is 18.5. The molecular weight excluding hydrogens is 348 g/mol. The Labute approximate surface area is 158 Å². The van der Waals surface area contributed by atoms with Crippen molar-refractivity contribution >= 4 is 17.7 Å². The van der Waals surface area contributed by atoms with Crippen LogP contribution in [0.4, 0.5) is 0 Å². The summed E-state index contributed by atoms with van der Waals surface area (Å²) in [6.07, 6.45) is 4.56. The highest BCUT2D eigenvalue weighted by Gasteiger charge is 2.20. The zero-order valence-electron chi connectivity index (χ0n) is 15.6. The second-order valence-electron chi connectivity index (χ2n) is 6.88. The fourth-order valence-corrected chi connectivity index (χ4v) is 4.03. The SMILES string of the molecule is COc1ccccc1-c1nnc(SCC(=O)NC2CCC(C)CC2)n1C. The Morgan fingerprint density at radius 2 is 2.00 bits per heavy atom. The first-order valence-electron chi connectivity index (χ1n) is 9.03. The van der Waals surface area contributed by atoms with Crippen LogP contribution in [0.2, 0.25) is 0 Å². The van der Waals surface area contributed by atoms with Crippen molar-refractivity contribution in [2.75, 3.05) is 12.9 Å². The minimum absolute atomic E-state index is 0.0661. The van der Waals surface area contributed by atoms with Crippen molar-refractivity contribution in [2.24, 2.45) is 13.0 Å². The van der Waals surface area contributed by atoms with Gasteiger partial charge in [-0.25, -0.2) is 0 Å².